The number of hydrogen-bond donors (Lipinski definition) is 0. The smallest absolute Gasteiger partial charge is 0.351 e. The third-order valence-corrected chi connectivity index (χ3v) is 2.99. The molecule has 2 rings (SSSR count). The van der Waals surface area contributed by atoms with E-state index in [0.717, 1.165) is 12.4 Å². The van der Waals surface area contributed by atoms with E-state index in [-0.39, 0.29) is 32.1 Å². The van der Waals surface area contributed by atoms with Gasteiger partial charge in [-0.05, 0) is 6.92 Å². The van der Waals surface area contributed by atoms with Crippen LogP contribution in [0, 0.1) is 5.82 Å². The van der Waals surface area contributed by atoms with Crippen LogP contribution in [0.1, 0.15) is 13.3 Å². The first-order chi connectivity index (χ1) is 9.47. The Balaban J connectivity index is 2.11. The predicted molar refractivity (Wildman–Crippen MR) is 64.3 cm³/mol. The lowest BCUT2D eigenvalue weighted by Gasteiger charge is -2.33. The van der Waals surface area contributed by atoms with Crippen LogP contribution in [-0.2, 0) is 14.3 Å². The van der Waals surface area contributed by atoms with Gasteiger partial charge in [0.2, 0.25) is 11.7 Å². The lowest BCUT2D eigenvalue weighted by molar-refractivity contribution is -0.163. The number of ether oxygens (including phenoxy) is 1. The van der Waals surface area contributed by atoms with Crippen molar-refractivity contribution in [2.24, 2.45) is 0 Å². The van der Waals surface area contributed by atoms with Crippen molar-refractivity contribution in [3.63, 3.8) is 0 Å². The number of aromatic nitrogens is 2. The van der Waals surface area contributed by atoms with Gasteiger partial charge in [-0.1, -0.05) is 0 Å². The first-order valence-corrected chi connectivity index (χ1v) is 6.09. The molecule has 1 aliphatic heterocycles. The Morgan fingerprint density at radius 1 is 1.50 bits per heavy atom. The molecule has 1 aromatic heterocycles. The molecule has 0 amide bonds. The van der Waals surface area contributed by atoms with E-state index >= 15 is 0 Å². The van der Waals surface area contributed by atoms with Crippen molar-refractivity contribution < 1.29 is 23.1 Å². The number of ketones is 1. The molecule has 1 atom stereocenters. The third kappa shape index (κ3) is 2.59. The van der Waals surface area contributed by atoms with Crippen molar-refractivity contribution in [2.45, 2.75) is 19.0 Å². The molecule has 108 valence electrons. The van der Waals surface area contributed by atoms with Crippen LogP contribution in [0.3, 0.4) is 0 Å². The molecule has 1 saturated heterocycles. The van der Waals surface area contributed by atoms with E-state index in [4.69, 9.17) is 0 Å². The molecule has 1 fully saturated rings. The molecule has 0 N–H and O–H groups in total. The third-order valence-electron chi connectivity index (χ3n) is 2.99. The number of Topliss-reactive ketones (excluding diaryl/α,β-unsaturated/α-hetero) is 1. The van der Waals surface area contributed by atoms with E-state index in [1.54, 1.807) is 0 Å². The van der Waals surface area contributed by atoms with Gasteiger partial charge < -0.3 is 9.64 Å². The number of carbonyl (C=O) groups is 2. The number of esters is 1. The maximum absolute atomic E-state index is 14.3. The van der Waals surface area contributed by atoms with Gasteiger partial charge in [-0.2, -0.15) is 0 Å². The predicted octanol–water partition coefficient (Wildman–Crippen LogP) is 0.666. The van der Waals surface area contributed by atoms with Gasteiger partial charge in [0, 0.05) is 13.0 Å². The largest absolute Gasteiger partial charge is 0.463 e. The van der Waals surface area contributed by atoms with Gasteiger partial charge >= 0.3 is 5.97 Å². The molecule has 0 bridgehead atoms. The van der Waals surface area contributed by atoms with Crippen molar-refractivity contribution in [2.75, 3.05) is 24.6 Å². The highest BCUT2D eigenvalue weighted by Crippen LogP contribution is 2.26. The normalized spacial score (nSPS) is 22.8. The fraction of sp³-hybridized carbons (Fsp3) is 0.500. The molecule has 0 saturated carbocycles. The van der Waals surface area contributed by atoms with Crippen LogP contribution in [-0.4, -0.2) is 47.1 Å². The first-order valence-electron chi connectivity index (χ1n) is 6.09. The molecule has 20 heavy (non-hydrogen) atoms. The van der Waals surface area contributed by atoms with Gasteiger partial charge in [-0.25, -0.2) is 23.5 Å². The number of carbonyl (C=O) groups excluding carboxylic acids is 2. The van der Waals surface area contributed by atoms with Crippen LogP contribution in [0.5, 0.6) is 0 Å². The number of anilines is 1. The SMILES string of the molecule is CCOC(=O)C1(F)CCN(c2ncc(F)cn2)CC1=O. The second-order valence-corrected chi connectivity index (χ2v) is 4.32. The van der Waals surface area contributed by atoms with Gasteiger partial charge in [0.15, 0.2) is 5.82 Å². The Labute approximate surface area is 113 Å². The minimum absolute atomic E-state index is 0.00255. The maximum Gasteiger partial charge on any atom is 0.351 e. The topological polar surface area (TPSA) is 72.4 Å². The molecular formula is C12H13F2N3O3. The fourth-order valence-electron chi connectivity index (χ4n) is 1.91. The molecule has 1 aliphatic rings. The maximum atomic E-state index is 14.3. The van der Waals surface area contributed by atoms with Gasteiger partial charge in [-0.15, -0.1) is 0 Å². The summed E-state index contributed by atoms with van der Waals surface area (Å²) in [7, 11) is 0. The summed E-state index contributed by atoms with van der Waals surface area (Å²) < 4.78 is 31.6. The van der Waals surface area contributed by atoms with E-state index in [2.05, 4.69) is 14.7 Å². The minimum atomic E-state index is -2.62. The van der Waals surface area contributed by atoms with E-state index in [9.17, 15) is 18.4 Å². The van der Waals surface area contributed by atoms with E-state index in [1.165, 1.54) is 11.8 Å². The van der Waals surface area contributed by atoms with Gasteiger partial charge in [0.25, 0.3) is 5.67 Å². The number of nitrogens with zero attached hydrogens (tertiary/aromatic N) is 3. The van der Waals surface area contributed by atoms with Crippen molar-refractivity contribution in [3.8, 4) is 0 Å². The van der Waals surface area contributed by atoms with Crippen LogP contribution in [0.4, 0.5) is 14.7 Å². The summed E-state index contributed by atoms with van der Waals surface area (Å²) in [4.78, 5) is 32.2. The van der Waals surface area contributed by atoms with Crippen LogP contribution in [0.2, 0.25) is 0 Å². The summed E-state index contributed by atoms with van der Waals surface area (Å²) in [6.45, 7) is 1.24. The molecule has 2 heterocycles. The van der Waals surface area contributed by atoms with Crippen LogP contribution < -0.4 is 4.90 Å². The molecule has 1 unspecified atom stereocenters. The number of rotatable bonds is 3. The highest BCUT2D eigenvalue weighted by Gasteiger charge is 2.51. The minimum Gasteiger partial charge on any atom is -0.463 e. The molecular weight excluding hydrogens is 272 g/mol. The summed E-state index contributed by atoms with van der Waals surface area (Å²) in [5.74, 6) is -2.56. The second-order valence-electron chi connectivity index (χ2n) is 4.32. The molecule has 0 aromatic carbocycles. The molecule has 8 heteroatoms. The fourth-order valence-corrected chi connectivity index (χ4v) is 1.91. The molecule has 0 spiro atoms. The molecule has 6 nitrogen and oxygen atoms in total. The standard InChI is InChI=1S/C12H13F2N3O3/c1-2-20-10(19)12(14)3-4-17(7-9(12)18)11-15-5-8(13)6-16-11/h5-6H,2-4,7H2,1H3. The molecule has 0 radical (unpaired) electrons. The molecule has 0 aliphatic carbocycles. The number of hydrogen-bond acceptors (Lipinski definition) is 6. The Kier molecular flexibility index (Phi) is 3.91. The average Bonchev–Trinajstić information content (AvgIpc) is 2.43. The molecule has 1 aromatic rings. The monoisotopic (exact) mass is 285 g/mol. The zero-order valence-electron chi connectivity index (χ0n) is 10.8. The summed E-state index contributed by atoms with van der Waals surface area (Å²) >= 11 is 0. The number of halogens is 2. The zero-order valence-corrected chi connectivity index (χ0v) is 10.8. The van der Waals surface area contributed by atoms with Crippen LogP contribution >= 0.6 is 0 Å². The van der Waals surface area contributed by atoms with E-state index < -0.39 is 23.2 Å². The zero-order chi connectivity index (χ0) is 14.8. The number of piperidine rings is 1. The lowest BCUT2D eigenvalue weighted by atomic mass is 9.92. The first kappa shape index (κ1) is 14.3. The summed E-state index contributed by atoms with van der Waals surface area (Å²) in [6.07, 6.45) is 1.57. The second kappa shape index (κ2) is 5.48. The van der Waals surface area contributed by atoms with E-state index in [0.29, 0.717) is 0 Å². The summed E-state index contributed by atoms with van der Waals surface area (Å²) in [5.41, 5.74) is -2.62. The van der Waals surface area contributed by atoms with E-state index in [1.807, 2.05) is 0 Å². The average molecular weight is 285 g/mol. The Morgan fingerprint density at radius 3 is 2.70 bits per heavy atom. The van der Waals surface area contributed by atoms with Crippen molar-refractivity contribution in [3.05, 3.63) is 18.2 Å². The summed E-state index contributed by atoms with van der Waals surface area (Å²) in [5, 5.41) is 0. The summed E-state index contributed by atoms with van der Waals surface area (Å²) in [6, 6.07) is 0. The van der Waals surface area contributed by atoms with Gasteiger partial charge in [-0.3, -0.25) is 4.79 Å². The van der Waals surface area contributed by atoms with Crippen LogP contribution in [0.15, 0.2) is 12.4 Å². The van der Waals surface area contributed by atoms with Crippen molar-refractivity contribution in [1.29, 1.82) is 0 Å². The van der Waals surface area contributed by atoms with Gasteiger partial charge in [0.1, 0.15) is 0 Å². The highest BCUT2D eigenvalue weighted by atomic mass is 19.1. The Bertz CT molecular complexity index is 523. The van der Waals surface area contributed by atoms with Crippen molar-refractivity contribution >= 4 is 17.7 Å². The number of alkyl halides is 1. The van der Waals surface area contributed by atoms with Gasteiger partial charge in [0.05, 0.1) is 25.5 Å². The van der Waals surface area contributed by atoms with Crippen LogP contribution in [0.25, 0.3) is 0 Å². The Hall–Kier alpha value is -2.12. The highest BCUT2D eigenvalue weighted by molar-refractivity contribution is 6.09. The Morgan fingerprint density at radius 2 is 2.15 bits per heavy atom. The quantitative estimate of drug-likeness (QED) is 0.600. The van der Waals surface area contributed by atoms with Crippen molar-refractivity contribution in [1.82, 2.24) is 9.97 Å². The lowest BCUT2D eigenvalue weighted by Crippen LogP contribution is -2.55.